The summed E-state index contributed by atoms with van der Waals surface area (Å²) in [6.07, 6.45) is 2.42. The highest BCUT2D eigenvalue weighted by molar-refractivity contribution is 5.83. The molecule has 0 spiro atoms. The zero-order chi connectivity index (χ0) is 12.4. The molecule has 0 unspecified atom stereocenters. The first-order valence-corrected chi connectivity index (χ1v) is 6.45. The molecule has 18 heavy (non-hydrogen) atoms. The van der Waals surface area contributed by atoms with Gasteiger partial charge in [-0.25, -0.2) is 0 Å². The van der Waals surface area contributed by atoms with Crippen molar-refractivity contribution >= 4 is 5.78 Å². The van der Waals surface area contributed by atoms with E-state index in [1.807, 2.05) is 18.2 Å². The van der Waals surface area contributed by atoms with Gasteiger partial charge in [-0.2, -0.15) is 0 Å². The maximum atomic E-state index is 12.2. The van der Waals surface area contributed by atoms with Gasteiger partial charge in [-0.05, 0) is 43.6 Å². The Kier molecular flexibility index (Phi) is 3.19. The van der Waals surface area contributed by atoms with E-state index in [4.69, 9.17) is 9.47 Å². The van der Waals surface area contributed by atoms with Gasteiger partial charge in [0, 0.05) is 12.3 Å². The summed E-state index contributed by atoms with van der Waals surface area (Å²) in [6, 6.07) is 5.75. The standard InChI is InChI=1S/C14H17NO3/c16-12(11-3-5-15-6-4-11)7-10-1-2-13-14(8-10)18-9-17-13/h1-2,8,11,15H,3-7,9H2. The second-order valence-corrected chi connectivity index (χ2v) is 4.85. The molecule has 0 atom stereocenters. The van der Waals surface area contributed by atoms with Crippen molar-refractivity contribution in [1.29, 1.82) is 0 Å². The zero-order valence-electron chi connectivity index (χ0n) is 10.3. The highest BCUT2D eigenvalue weighted by Gasteiger charge is 2.21. The van der Waals surface area contributed by atoms with E-state index in [1.54, 1.807) is 0 Å². The van der Waals surface area contributed by atoms with E-state index in [-0.39, 0.29) is 12.7 Å². The number of piperidine rings is 1. The fraction of sp³-hybridized carbons (Fsp3) is 0.500. The van der Waals surface area contributed by atoms with Crippen molar-refractivity contribution in [1.82, 2.24) is 5.32 Å². The van der Waals surface area contributed by atoms with Crippen molar-refractivity contribution in [3.05, 3.63) is 23.8 Å². The van der Waals surface area contributed by atoms with E-state index >= 15 is 0 Å². The van der Waals surface area contributed by atoms with Crippen molar-refractivity contribution in [2.24, 2.45) is 5.92 Å². The van der Waals surface area contributed by atoms with Crippen molar-refractivity contribution in [3.63, 3.8) is 0 Å². The molecule has 0 radical (unpaired) electrons. The number of Topliss-reactive ketones (excluding diaryl/α,β-unsaturated/α-hetero) is 1. The van der Waals surface area contributed by atoms with Crippen LogP contribution in [0.25, 0.3) is 0 Å². The minimum absolute atomic E-state index is 0.219. The van der Waals surface area contributed by atoms with Crippen molar-refractivity contribution in [2.75, 3.05) is 19.9 Å². The van der Waals surface area contributed by atoms with Crippen LogP contribution < -0.4 is 14.8 Å². The third kappa shape index (κ3) is 2.34. The zero-order valence-corrected chi connectivity index (χ0v) is 10.3. The van der Waals surface area contributed by atoms with Gasteiger partial charge in [-0.1, -0.05) is 6.07 Å². The van der Waals surface area contributed by atoms with Crippen LogP contribution in [-0.2, 0) is 11.2 Å². The number of hydrogen-bond donors (Lipinski definition) is 1. The van der Waals surface area contributed by atoms with E-state index in [0.717, 1.165) is 43.0 Å². The largest absolute Gasteiger partial charge is 0.454 e. The van der Waals surface area contributed by atoms with E-state index in [9.17, 15) is 4.79 Å². The highest BCUT2D eigenvalue weighted by Crippen LogP contribution is 2.32. The maximum Gasteiger partial charge on any atom is 0.231 e. The van der Waals surface area contributed by atoms with Crippen LogP contribution in [0.3, 0.4) is 0 Å². The van der Waals surface area contributed by atoms with Crippen LogP contribution in [0.5, 0.6) is 11.5 Å². The van der Waals surface area contributed by atoms with Crippen LogP contribution in [0.15, 0.2) is 18.2 Å². The number of benzene rings is 1. The SMILES string of the molecule is O=C(Cc1ccc2c(c1)OCO2)C1CCNCC1. The number of fused-ring (bicyclic) bond motifs is 1. The molecule has 2 aliphatic rings. The monoisotopic (exact) mass is 247 g/mol. The van der Waals surface area contributed by atoms with E-state index in [1.165, 1.54) is 0 Å². The smallest absolute Gasteiger partial charge is 0.231 e. The Morgan fingerprint density at radius 2 is 2.00 bits per heavy atom. The van der Waals surface area contributed by atoms with Gasteiger partial charge in [0.1, 0.15) is 5.78 Å². The van der Waals surface area contributed by atoms with Gasteiger partial charge in [0.2, 0.25) is 6.79 Å². The number of ketones is 1. The summed E-state index contributed by atoms with van der Waals surface area (Å²) < 4.78 is 10.6. The Labute approximate surface area is 106 Å². The molecule has 1 aromatic carbocycles. The Morgan fingerprint density at radius 1 is 1.22 bits per heavy atom. The molecule has 0 aromatic heterocycles. The van der Waals surface area contributed by atoms with Gasteiger partial charge in [0.15, 0.2) is 11.5 Å². The first kappa shape index (κ1) is 11.5. The van der Waals surface area contributed by atoms with Gasteiger partial charge >= 0.3 is 0 Å². The fourth-order valence-corrected chi connectivity index (χ4v) is 2.54. The lowest BCUT2D eigenvalue weighted by Crippen LogP contribution is -2.32. The number of hydrogen-bond acceptors (Lipinski definition) is 4. The molecular formula is C14H17NO3. The Bertz CT molecular complexity index is 452. The second kappa shape index (κ2) is 4.98. The maximum absolute atomic E-state index is 12.2. The molecule has 0 saturated carbocycles. The summed E-state index contributed by atoms with van der Waals surface area (Å²) in [7, 11) is 0. The van der Waals surface area contributed by atoms with Gasteiger partial charge in [0.25, 0.3) is 0 Å². The number of nitrogens with one attached hydrogen (secondary N) is 1. The molecule has 96 valence electrons. The highest BCUT2D eigenvalue weighted by atomic mass is 16.7. The molecule has 1 N–H and O–H groups in total. The summed E-state index contributed by atoms with van der Waals surface area (Å²) in [6.45, 7) is 2.19. The Hall–Kier alpha value is -1.55. The van der Waals surface area contributed by atoms with Crippen LogP contribution in [0.2, 0.25) is 0 Å². The lowest BCUT2D eigenvalue weighted by molar-refractivity contribution is -0.122. The average molecular weight is 247 g/mol. The summed E-state index contributed by atoms with van der Waals surface area (Å²) in [5.41, 5.74) is 1.02. The molecule has 2 aliphatic heterocycles. The molecule has 4 nitrogen and oxygen atoms in total. The number of ether oxygens (including phenoxy) is 2. The third-order valence-corrected chi connectivity index (χ3v) is 3.61. The normalized spacial score (nSPS) is 18.9. The lowest BCUT2D eigenvalue weighted by atomic mass is 9.90. The van der Waals surface area contributed by atoms with Crippen molar-refractivity contribution < 1.29 is 14.3 Å². The number of rotatable bonds is 3. The van der Waals surface area contributed by atoms with Crippen molar-refractivity contribution in [3.8, 4) is 11.5 Å². The lowest BCUT2D eigenvalue weighted by Gasteiger charge is -2.21. The van der Waals surface area contributed by atoms with E-state index < -0.39 is 0 Å². The average Bonchev–Trinajstić information content (AvgIpc) is 2.87. The van der Waals surface area contributed by atoms with Gasteiger partial charge in [-0.3, -0.25) is 4.79 Å². The van der Waals surface area contributed by atoms with E-state index in [0.29, 0.717) is 12.2 Å². The van der Waals surface area contributed by atoms with Crippen LogP contribution >= 0.6 is 0 Å². The first-order valence-electron chi connectivity index (χ1n) is 6.45. The van der Waals surface area contributed by atoms with Crippen LogP contribution in [0, 0.1) is 5.92 Å². The summed E-state index contributed by atoms with van der Waals surface area (Å²) in [4.78, 5) is 12.2. The Morgan fingerprint density at radius 3 is 2.83 bits per heavy atom. The summed E-state index contributed by atoms with van der Waals surface area (Å²) >= 11 is 0. The third-order valence-electron chi connectivity index (χ3n) is 3.61. The number of carbonyl (C=O) groups is 1. The van der Waals surface area contributed by atoms with Crippen LogP contribution in [0.4, 0.5) is 0 Å². The molecule has 3 rings (SSSR count). The topological polar surface area (TPSA) is 47.6 Å². The van der Waals surface area contributed by atoms with Crippen molar-refractivity contribution in [2.45, 2.75) is 19.3 Å². The molecule has 0 aliphatic carbocycles. The minimum atomic E-state index is 0.219. The van der Waals surface area contributed by atoms with Crippen LogP contribution in [-0.4, -0.2) is 25.7 Å². The minimum Gasteiger partial charge on any atom is -0.454 e. The number of carbonyl (C=O) groups excluding carboxylic acids is 1. The van der Waals surface area contributed by atoms with Gasteiger partial charge in [-0.15, -0.1) is 0 Å². The summed E-state index contributed by atoms with van der Waals surface area (Å²) in [5.74, 6) is 2.09. The molecule has 2 heterocycles. The fourth-order valence-electron chi connectivity index (χ4n) is 2.54. The predicted octanol–water partition coefficient (Wildman–Crippen LogP) is 1.53. The summed E-state index contributed by atoms with van der Waals surface area (Å²) in [5, 5.41) is 3.28. The van der Waals surface area contributed by atoms with Crippen LogP contribution in [0.1, 0.15) is 18.4 Å². The first-order chi connectivity index (χ1) is 8.83. The molecule has 1 saturated heterocycles. The molecule has 4 heteroatoms. The molecule has 1 aromatic rings. The van der Waals surface area contributed by atoms with Gasteiger partial charge in [0.05, 0.1) is 0 Å². The predicted molar refractivity (Wildman–Crippen MR) is 66.9 cm³/mol. The molecule has 0 bridgehead atoms. The van der Waals surface area contributed by atoms with E-state index in [2.05, 4.69) is 5.32 Å². The quantitative estimate of drug-likeness (QED) is 0.880. The molecule has 1 fully saturated rings. The molecular weight excluding hydrogens is 230 g/mol. The second-order valence-electron chi connectivity index (χ2n) is 4.85. The molecule has 0 amide bonds. The van der Waals surface area contributed by atoms with Gasteiger partial charge < -0.3 is 14.8 Å². The Balaban J connectivity index is 1.66.